The predicted octanol–water partition coefficient (Wildman–Crippen LogP) is 9.33. The molecule has 0 amide bonds. The van der Waals surface area contributed by atoms with Crippen LogP contribution in [0.25, 0.3) is 11.1 Å². The molecule has 4 unspecified atom stereocenters. The molecule has 4 atom stereocenters. The number of ether oxygens (including phenoxy) is 1. The van der Waals surface area contributed by atoms with Crippen LogP contribution in [0.4, 0.5) is 26.3 Å². The summed E-state index contributed by atoms with van der Waals surface area (Å²) in [6, 6.07) is 4.99. The number of halogens is 6. The van der Waals surface area contributed by atoms with Crippen LogP contribution in [0.2, 0.25) is 0 Å². The number of allylic oxidation sites excluding steroid dienone is 2. The van der Waals surface area contributed by atoms with Crippen LogP contribution in [0, 0.1) is 35.2 Å². The fourth-order valence-corrected chi connectivity index (χ4v) is 6.02. The Hall–Kier alpha value is -2.44. The van der Waals surface area contributed by atoms with Crippen LogP contribution in [0.1, 0.15) is 69.8 Å². The zero-order chi connectivity index (χ0) is 25.2. The number of alkyl halides is 3. The van der Waals surface area contributed by atoms with Gasteiger partial charge < -0.3 is 4.74 Å². The van der Waals surface area contributed by atoms with Gasteiger partial charge in [0, 0.05) is 0 Å². The molecule has 2 aromatic carbocycles. The summed E-state index contributed by atoms with van der Waals surface area (Å²) in [6.07, 6.45) is 7.99. The first kappa shape index (κ1) is 25.6. The highest BCUT2D eigenvalue weighted by Crippen LogP contribution is 2.49. The van der Waals surface area contributed by atoms with Crippen LogP contribution >= 0.6 is 0 Å². The van der Waals surface area contributed by atoms with Crippen molar-refractivity contribution in [1.82, 2.24) is 0 Å². The molecule has 2 fully saturated rings. The van der Waals surface area contributed by atoms with Gasteiger partial charge in [0.15, 0.2) is 11.6 Å². The van der Waals surface area contributed by atoms with Gasteiger partial charge in [-0.3, -0.25) is 0 Å². The van der Waals surface area contributed by atoms with E-state index in [0.29, 0.717) is 23.5 Å². The quantitative estimate of drug-likeness (QED) is 0.286. The summed E-state index contributed by atoms with van der Waals surface area (Å²) in [5.41, 5.74) is -0.0463. The van der Waals surface area contributed by atoms with Crippen molar-refractivity contribution in [3.63, 3.8) is 0 Å². The summed E-state index contributed by atoms with van der Waals surface area (Å²) >= 11 is 0. The third-order valence-electron chi connectivity index (χ3n) is 7.68. The van der Waals surface area contributed by atoms with Gasteiger partial charge in [-0.25, -0.2) is 13.2 Å². The van der Waals surface area contributed by atoms with Crippen molar-refractivity contribution in [3.8, 4) is 16.9 Å². The molecule has 0 bridgehead atoms. The largest absolute Gasteiger partial charge is 0.573 e. The average molecular weight is 497 g/mol. The molecule has 2 aliphatic rings. The summed E-state index contributed by atoms with van der Waals surface area (Å²) < 4.78 is 84.8. The average Bonchev–Trinajstić information content (AvgIpc) is 2.79. The highest BCUT2D eigenvalue weighted by molar-refractivity contribution is 5.66. The molecule has 190 valence electrons. The molecule has 0 aromatic heterocycles. The summed E-state index contributed by atoms with van der Waals surface area (Å²) in [5.74, 6) is -2.04. The molecule has 2 aromatic rings. The highest BCUT2D eigenvalue weighted by Gasteiger charge is 2.36. The van der Waals surface area contributed by atoms with Crippen LogP contribution in [0.5, 0.6) is 5.75 Å². The molecule has 2 aliphatic carbocycles. The maximum Gasteiger partial charge on any atom is 0.573 e. The third-order valence-corrected chi connectivity index (χ3v) is 7.68. The Kier molecular flexibility index (Phi) is 7.82. The fourth-order valence-electron chi connectivity index (χ4n) is 6.02. The van der Waals surface area contributed by atoms with Gasteiger partial charge in [-0.15, -0.1) is 13.2 Å². The van der Waals surface area contributed by atoms with Crippen molar-refractivity contribution >= 4 is 0 Å². The first-order valence-corrected chi connectivity index (χ1v) is 12.3. The zero-order valence-electron chi connectivity index (χ0n) is 19.7. The SMILES string of the molecule is C/C=C/CCC1CCC2CC(c3cc(F)c(-c4ccc(OC(F)(F)F)c(F)c4)c(F)c3)CCC2C1. The van der Waals surface area contributed by atoms with Crippen LogP contribution in [0.3, 0.4) is 0 Å². The minimum Gasteiger partial charge on any atom is -0.403 e. The minimum atomic E-state index is -5.06. The molecule has 0 heterocycles. The van der Waals surface area contributed by atoms with Crippen molar-refractivity contribution in [1.29, 1.82) is 0 Å². The molecule has 1 nitrogen and oxygen atoms in total. The van der Waals surface area contributed by atoms with E-state index >= 15 is 8.78 Å². The maximum atomic E-state index is 15.0. The Morgan fingerprint density at radius 2 is 1.57 bits per heavy atom. The molecule has 0 saturated heterocycles. The van der Waals surface area contributed by atoms with E-state index in [9.17, 15) is 17.6 Å². The lowest BCUT2D eigenvalue weighted by molar-refractivity contribution is -0.275. The summed E-state index contributed by atoms with van der Waals surface area (Å²) in [4.78, 5) is 0. The van der Waals surface area contributed by atoms with E-state index < -0.39 is 35.1 Å². The van der Waals surface area contributed by atoms with Crippen LogP contribution in [-0.4, -0.2) is 6.36 Å². The van der Waals surface area contributed by atoms with Gasteiger partial charge in [0.25, 0.3) is 0 Å². The highest BCUT2D eigenvalue weighted by atomic mass is 19.4. The lowest BCUT2D eigenvalue weighted by Gasteiger charge is -2.42. The second kappa shape index (κ2) is 10.7. The fraction of sp³-hybridized carbons (Fsp3) is 0.500. The maximum absolute atomic E-state index is 15.0. The summed E-state index contributed by atoms with van der Waals surface area (Å²) in [6.45, 7) is 2.04. The van der Waals surface area contributed by atoms with Gasteiger partial charge in [0.05, 0.1) is 5.56 Å². The van der Waals surface area contributed by atoms with E-state index in [1.165, 1.54) is 31.4 Å². The Bertz CT molecular complexity index is 1040. The minimum absolute atomic E-state index is 0.0631. The smallest absolute Gasteiger partial charge is 0.403 e. The van der Waals surface area contributed by atoms with Gasteiger partial charge in [-0.05, 0) is 111 Å². The molecule has 0 radical (unpaired) electrons. The summed E-state index contributed by atoms with van der Waals surface area (Å²) in [7, 11) is 0. The molecule has 0 spiro atoms. The van der Waals surface area contributed by atoms with Crippen LogP contribution < -0.4 is 4.74 Å². The Labute approximate surface area is 202 Å². The molecule has 35 heavy (non-hydrogen) atoms. The van der Waals surface area contributed by atoms with E-state index in [0.717, 1.165) is 50.2 Å². The molecule has 4 rings (SSSR count). The monoisotopic (exact) mass is 496 g/mol. The van der Waals surface area contributed by atoms with Crippen molar-refractivity contribution in [3.05, 3.63) is 65.5 Å². The van der Waals surface area contributed by atoms with E-state index in [-0.39, 0.29) is 11.5 Å². The van der Waals surface area contributed by atoms with Gasteiger partial charge >= 0.3 is 6.36 Å². The molecule has 0 N–H and O–H groups in total. The number of benzene rings is 2. The molecule has 0 aliphatic heterocycles. The molecular formula is C28H30F6O. The topological polar surface area (TPSA) is 9.23 Å². The molecule has 7 heteroatoms. The zero-order valence-corrected chi connectivity index (χ0v) is 19.7. The van der Waals surface area contributed by atoms with Gasteiger partial charge in [0.1, 0.15) is 11.6 Å². The van der Waals surface area contributed by atoms with Gasteiger partial charge in [-0.1, -0.05) is 24.6 Å². The Morgan fingerprint density at radius 3 is 2.23 bits per heavy atom. The molecular weight excluding hydrogens is 466 g/mol. The van der Waals surface area contributed by atoms with Crippen LogP contribution in [-0.2, 0) is 0 Å². The number of hydrogen-bond donors (Lipinski definition) is 0. The first-order valence-electron chi connectivity index (χ1n) is 12.3. The van der Waals surface area contributed by atoms with Crippen molar-refractivity contribution in [2.24, 2.45) is 17.8 Å². The normalized spacial score (nSPS) is 25.0. The van der Waals surface area contributed by atoms with Crippen molar-refractivity contribution in [2.75, 3.05) is 0 Å². The van der Waals surface area contributed by atoms with Crippen LogP contribution in [0.15, 0.2) is 42.5 Å². The Balaban J connectivity index is 1.46. The second-order valence-electron chi connectivity index (χ2n) is 9.91. The lowest BCUT2D eigenvalue weighted by Crippen LogP contribution is -2.30. The van der Waals surface area contributed by atoms with Crippen molar-refractivity contribution in [2.45, 2.75) is 70.6 Å². The predicted molar refractivity (Wildman–Crippen MR) is 123 cm³/mol. The van der Waals surface area contributed by atoms with E-state index in [1.54, 1.807) is 0 Å². The van der Waals surface area contributed by atoms with E-state index in [4.69, 9.17) is 0 Å². The third kappa shape index (κ3) is 6.22. The second-order valence-corrected chi connectivity index (χ2v) is 9.91. The standard InChI is InChI=1S/C28H30F6O/c1-2-3-4-5-17-6-7-19-13-20(9-8-18(19)12-17)22-15-24(30)27(25(31)16-22)21-10-11-26(23(29)14-21)35-28(32,33)34/h2-3,10-11,14-20H,4-9,12-13H2,1H3/b3-2+. The van der Waals surface area contributed by atoms with E-state index in [2.05, 4.69) is 16.9 Å². The molecule has 2 saturated carbocycles. The number of hydrogen-bond acceptors (Lipinski definition) is 1. The Morgan fingerprint density at radius 1 is 0.886 bits per heavy atom. The van der Waals surface area contributed by atoms with Gasteiger partial charge in [-0.2, -0.15) is 0 Å². The summed E-state index contributed by atoms with van der Waals surface area (Å²) in [5, 5.41) is 0. The lowest BCUT2D eigenvalue weighted by atomic mass is 9.63. The first-order chi connectivity index (χ1) is 16.6. The van der Waals surface area contributed by atoms with E-state index in [1.807, 2.05) is 6.92 Å². The van der Waals surface area contributed by atoms with Gasteiger partial charge in [0.2, 0.25) is 0 Å². The number of fused-ring (bicyclic) bond motifs is 1. The number of rotatable bonds is 6. The van der Waals surface area contributed by atoms with Crippen molar-refractivity contribution < 1.29 is 31.1 Å².